The Kier molecular flexibility index (Phi) is 3.38. The minimum Gasteiger partial charge on any atom is -0.322 e. The Morgan fingerprint density at radius 3 is 2.71 bits per heavy atom. The number of tetrazole rings is 1. The van der Waals surface area contributed by atoms with Gasteiger partial charge in [-0.15, -0.1) is 5.10 Å². The number of aryl methyl sites for hydroxylation is 1. The monoisotopic (exact) mass is 280 g/mol. The third kappa shape index (κ3) is 2.76. The summed E-state index contributed by atoms with van der Waals surface area (Å²) < 4.78 is 1.57. The highest BCUT2D eigenvalue weighted by molar-refractivity contribution is 6.04. The van der Waals surface area contributed by atoms with Crippen LogP contribution in [0, 0.1) is 0 Å². The van der Waals surface area contributed by atoms with E-state index in [1.165, 1.54) is 0 Å². The molecule has 7 heteroatoms. The molecule has 3 aromatic rings. The maximum atomic E-state index is 12.1. The van der Waals surface area contributed by atoms with Crippen LogP contribution in [-0.4, -0.2) is 31.1 Å². The highest BCUT2D eigenvalue weighted by atomic mass is 16.1. The van der Waals surface area contributed by atoms with E-state index in [1.54, 1.807) is 36.3 Å². The van der Waals surface area contributed by atoms with Gasteiger partial charge in [0, 0.05) is 36.3 Å². The Hall–Kier alpha value is -3.09. The molecule has 2 aromatic heterocycles. The SMILES string of the molecule is Cn1nnnc1-c1cccc(NC(=O)c2ccncc2)c1. The fraction of sp³-hybridized carbons (Fsp3) is 0.0714. The summed E-state index contributed by atoms with van der Waals surface area (Å²) >= 11 is 0. The standard InChI is InChI=1S/C14H12N6O/c1-20-13(17-18-19-20)11-3-2-4-12(9-11)16-14(21)10-5-7-15-8-6-10/h2-9H,1H3,(H,16,21). The van der Waals surface area contributed by atoms with Gasteiger partial charge in [-0.3, -0.25) is 9.78 Å². The molecular weight excluding hydrogens is 268 g/mol. The number of pyridine rings is 1. The third-order valence-electron chi connectivity index (χ3n) is 2.94. The second-order valence-corrected chi connectivity index (χ2v) is 4.40. The highest BCUT2D eigenvalue weighted by Crippen LogP contribution is 2.19. The van der Waals surface area contributed by atoms with Gasteiger partial charge in [0.2, 0.25) is 0 Å². The molecule has 2 heterocycles. The van der Waals surface area contributed by atoms with Gasteiger partial charge < -0.3 is 5.32 Å². The topological polar surface area (TPSA) is 85.6 Å². The Balaban J connectivity index is 1.84. The van der Waals surface area contributed by atoms with Crippen molar-refractivity contribution in [2.24, 2.45) is 7.05 Å². The second-order valence-electron chi connectivity index (χ2n) is 4.40. The zero-order valence-electron chi connectivity index (χ0n) is 11.3. The van der Waals surface area contributed by atoms with E-state index in [9.17, 15) is 4.79 Å². The van der Waals surface area contributed by atoms with Crippen molar-refractivity contribution in [1.29, 1.82) is 0 Å². The predicted octanol–water partition coefficient (Wildman–Crippen LogP) is 1.52. The average Bonchev–Trinajstić information content (AvgIpc) is 2.94. The van der Waals surface area contributed by atoms with Crippen molar-refractivity contribution in [3.8, 4) is 11.4 Å². The molecule has 0 unspecified atom stereocenters. The van der Waals surface area contributed by atoms with Crippen LogP contribution in [0.2, 0.25) is 0 Å². The molecule has 0 saturated carbocycles. The molecule has 0 saturated heterocycles. The van der Waals surface area contributed by atoms with Gasteiger partial charge in [0.25, 0.3) is 5.91 Å². The number of benzene rings is 1. The van der Waals surface area contributed by atoms with E-state index >= 15 is 0 Å². The molecule has 0 aliphatic carbocycles. The van der Waals surface area contributed by atoms with E-state index in [0.717, 1.165) is 5.56 Å². The quantitative estimate of drug-likeness (QED) is 0.786. The van der Waals surface area contributed by atoms with Crippen LogP contribution in [0.25, 0.3) is 11.4 Å². The Bertz CT molecular complexity index is 768. The summed E-state index contributed by atoms with van der Waals surface area (Å²) in [6.45, 7) is 0. The van der Waals surface area contributed by atoms with Gasteiger partial charge in [-0.2, -0.15) is 0 Å². The van der Waals surface area contributed by atoms with Crippen molar-refractivity contribution in [3.05, 3.63) is 54.4 Å². The van der Waals surface area contributed by atoms with Gasteiger partial charge in [-0.1, -0.05) is 12.1 Å². The number of anilines is 1. The fourth-order valence-corrected chi connectivity index (χ4v) is 1.92. The molecule has 3 rings (SSSR count). The highest BCUT2D eigenvalue weighted by Gasteiger charge is 2.09. The number of hydrogen-bond acceptors (Lipinski definition) is 5. The van der Waals surface area contributed by atoms with Crippen LogP contribution in [0.1, 0.15) is 10.4 Å². The molecule has 1 N–H and O–H groups in total. The lowest BCUT2D eigenvalue weighted by Crippen LogP contribution is -2.11. The molecular formula is C14H12N6O. The number of nitrogens with zero attached hydrogens (tertiary/aromatic N) is 5. The Labute approximate surface area is 120 Å². The van der Waals surface area contributed by atoms with Crippen molar-refractivity contribution in [2.75, 3.05) is 5.32 Å². The molecule has 0 radical (unpaired) electrons. The number of amides is 1. The van der Waals surface area contributed by atoms with Crippen LogP contribution in [-0.2, 0) is 7.05 Å². The molecule has 0 fully saturated rings. The predicted molar refractivity (Wildman–Crippen MR) is 76.4 cm³/mol. The van der Waals surface area contributed by atoms with Crippen molar-refractivity contribution in [1.82, 2.24) is 25.2 Å². The molecule has 7 nitrogen and oxygen atoms in total. The maximum absolute atomic E-state index is 12.1. The van der Waals surface area contributed by atoms with Crippen LogP contribution < -0.4 is 5.32 Å². The van der Waals surface area contributed by atoms with Crippen LogP contribution in [0.4, 0.5) is 5.69 Å². The summed E-state index contributed by atoms with van der Waals surface area (Å²) in [6, 6.07) is 10.7. The van der Waals surface area contributed by atoms with Crippen LogP contribution in [0.3, 0.4) is 0 Å². The Morgan fingerprint density at radius 1 is 1.19 bits per heavy atom. The number of aromatic nitrogens is 5. The van der Waals surface area contributed by atoms with Crippen molar-refractivity contribution < 1.29 is 4.79 Å². The van der Waals surface area contributed by atoms with E-state index in [2.05, 4.69) is 25.8 Å². The molecule has 0 atom stereocenters. The largest absolute Gasteiger partial charge is 0.322 e. The van der Waals surface area contributed by atoms with Gasteiger partial charge in [0.1, 0.15) is 0 Å². The molecule has 0 aliphatic rings. The maximum Gasteiger partial charge on any atom is 0.255 e. The van der Waals surface area contributed by atoms with Crippen LogP contribution in [0.15, 0.2) is 48.8 Å². The summed E-state index contributed by atoms with van der Waals surface area (Å²) in [5.41, 5.74) is 2.06. The first-order valence-corrected chi connectivity index (χ1v) is 6.28. The minimum absolute atomic E-state index is 0.189. The average molecular weight is 280 g/mol. The second kappa shape index (κ2) is 5.49. The zero-order chi connectivity index (χ0) is 14.7. The number of carbonyl (C=O) groups is 1. The number of rotatable bonds is 3. The first kappa shape index (κ1) is 12.9. The third-order valence-corrected chi connectivity index (χ3v) is 2.94. The van der Waals surface area contributed by atoms with E-state index in [1.807, 2.05) is 24.3 Å². The van der Waals surface area contributed by atoms with E-state index in [4.69, 9.17) is 0 Å². The van der Waals surface area contributed by atoms with Crippen molar-refractivity contribution >= 4 is 11.6 Å². The molecule has 21 heavy (non-hydrogen) atoms. The van der Waals surface area contributed by atoms with Crippen LogP contribution >= 0.6 is 0 Å². The van der Waals surface area contributed by atoms with Crippen LogP contribution in [0.5, 0.6) is 0 Å². The number of hydrogen-bond donors (Lipinski definition) is 1. The molecule has 0 aliphatic heterocycles. The van der Waals surface area contributed by atoms with Gasteiger partial charge in [-0.05, 0) is 34.7 Å². The van der Waals surface area contributed by atoms with E-state index < -0.39 is 0 Å². The number of carbonyl (C=O) groups excluding carboxylic acids is 1. The Morgan fingerprint density at radius 2 is 2.00 bits per heavy atom. The molecule has 104 valence electrons. The summed E-state index contributed by atoms with van der Waals surface area (Å²) in [4.78, 5) is 16.0. The number of nitrogens with one attached hydrogen (secondary N) is 1. The first-order valence-electron chi connectivity index (χ1n) is 6.28. The summed E-state index contributed by atoms with van der Waals surface area (Å²) in [7, 11) is 1.76. The molecule has 0 bridgehead atoms. The van der Waals surface area contributed by atoms with E-state index in [-0.39, 0.29) is 5.91 Å². The normalized spacial score (nSPS) is 10.3. The minimum atomic E-state index is -0.189. The van der Waals surface area contributed by atoms with Gasteiger partial charge in [0.15, 0.2) is 5.82 Å². The first-order chi connectivity index (χ1) is 10.2. The summed E-state index contributed by atoms with van der Waals surface area (Å²) in [5.74, 6) is 0.445. The van der Waals surface area contributed by atoms with Crippen molar-refractivity contribution in [3.63, 3.8) is 0 Å². The smallest absolute Gasteiger partial charge is 0.255 e. The van der Waals surface area contributed by atoms with Gasteiger partial charge >= 0.3 is 0 Å². The summed E-state index contributed by atoms with van der Waals surface area (Å²) in [6.07, 6.45) is 3.16. The van der Waals surface area contributed by atoms with Crippen molar-refractivity contribution in [2.45, 2.75) is 0 Å². The summed E-state index contributed by atoms with van der Waals surface area (Å²) in [5, 5.41) is 14.2. The van der Waals surface area contributed by atoms with E-state index in [0.29, 0.717) is 17.1 Å². The zero-order valence-corrected chi connectivity index (χ0v) is 11.3. The molecule has 1 aromatic carbocycles. The lowest BCUT2D eigenvalue weighted by atomic mass is 10.2. The fourth-order valence-electron chi connectivity index (χ4n) is 1.92. The lowest BCUT2D eigenvalue weighted by molar-refractivity contribution is 0.102. The molecule has 0 spiro atoms. The lowest BCUT2D eigenvalue weighted by Gasteiger charge is -2.06. The van der Waals surface area contributed by atoms with Gasteiger partial charge in [-0.25, -0.2) is 4.68 Å². The molecule has 1 amide bonds. The van der Waals surface area contributed by atoms with Gasteiger partial charge in [0.05, 0.1) is 0 Å².